The highest BCUT2D eigenvalue weighted by atomic mass is 16.5. The average Bonchev–Trinajstić information content (AvgIpc) is 3.04. The zero-order valence-electron chi connectivity index (χ0n) is 24.3. The molecule has 6 nitrogen and oxygen atoms in total. The van der Waals surface area contributed by atoms with E-state index in [2.05, 4.69) is 94.6 Å². The molecule has 218 valence electrons. The molecule has 0 aliphatic carbocycles. The first kappa shape index (κ1) is 29.5. The molecule has 3 aromatic carbocycles. The van der Waals surface area contributed by atoms with Crippen molar-refractivity contribution in [1.29, 1.82) is 0 Å². The Balaban J connectivity index is 1.23. The van der Waals surface area contributed by atoms with Crippen LogP contribution >= 0.6 is 0 Å². The minimum absolute atomic E-state index is 0.244. The number of unbranched alkanes of at least 4 members (excludes halogenated alkanes) is 2. The third-order valence-electron chi connectivity index (χ3n) is 7.22. The Morgan fingerprint density at radius 1 is 0.581 bits per heavy atom. The van der Waals surface area contributed by atoms with E-state index in [9.17, 15) is 4.79 Å². The minimum Gasteiger partial charge on any atom is -0.489 e. The summed E-state index contributed by atoms with van der Waals surface area (Å²) in [5, 5.41) is 8.78. The van der Waals surface area contributed by atoms with Crippen LogP contribution in [0, 0.1) is 0 Å². The molecule has 0 atom stereocenters. The van der Waals surface area contributed by atoms with E-state index in [0.717, 1.165) is 65.1 Å². The van der Waals surface area contributed by atoms with Crippen LogP contribution in [0.4, 0.5) is 0 Å². The van der Waals surface area contributed by atoms with E-state index in [-0.39, 0.29) is 6.42 Å². The molecule has 2 heterocycles. The number of hydrogen-bond donors (Lipinski definition) is 1. The van der Waals surface area contributed by atoms with E-state index < -0.39 is 5.97 Å². The van der Waals surface area contributed by atoms with Gasteiger partial charge in [0.2, 0.25) is 0 Å². The third kappa shape index (κ3) is 9.54. The molecule has 0 spiro atoms. The number of aliphatic carboxylic acids is 1. The zero-order valence-corrected chi connectivity index (χ0v) is 24.3. The number of benzene rings is 3. The van der Waals surface area contributed by atoms with E-state index in [1.165, 1.54) is 0 Å². The summed E-state index contributed by atoms with van der Waals surface area (Å²) in [5.74, 6) is 0.836. The van der Waals surface area contributed by atoms with Crippen molar-refractivity contribution in [2.45, 2.75) is 52.0 Å². The normalized spacial score (nSPS) is 10.8. The summed E-state index contributed by atoms with van der Waals surface area (Å²) in [7, 11) is 0. The quantitative estimate of drug-likeness (QED) is 0.111. The molecule has 0 bridgehead atoms. The fraction of sp³-hybridized carbons (Fsp3) is 0.216. The van der Waals surface area contributed by atoms with Crippen LogP contribution in [0.2, 0.25) is 0 Å². The van der Waals surface area contributed by atoms with Crippen molar-refractivity contribution in [1.82, 2.24) is 0 Å². The monoisotopic (exact) mass is 574 g/mol. The number of carbonyl (C=O) groups is 1. The number of nitrogens with zero attached hydrogens (tertiary/aromatic N) is 2. The summed E-state index contributed by atoms with van der Waals surface area (Å²) in [4.78, 5) is 10.7. The van der Waals surface area contributed by atoms with E-state index in [1.807, 2.05) is 42.5 Å². The molecule has 6 heteroatoms. The van der Waals surface area contributed by atoms with Gasteiger partial charge in [0.1, 0.15) is 31.3 Å². The van der Waals surface area contributed by atoms with Crippen molar-refractivity contribution in [3.63, 3.8) is 0 Å². The molecule has 0 fully saturated rings. The molecule has 0 radical (unpaired) electrons. The van der Waals surface area contributed by atoms with Gasteiger partial charge in [0, 0.05) is 48.7 Å². The number of ether oxygens (including phenoxy) is 2. The van der Waals surface area contributed by atoms with Crippen LogP contribution in [0.5, 0.6) is 11.5 Å². The minimum atomic E-state index is -0.722. The van der Waals surface area contributed by atoms with Crippen LogP contribution in [0.25, 0.3) is 11.1 Å². The van der Waals surface area contributed by atoms with E-state index in [4.69, 9.17) is 14.6 Å². The molecular weight excluding hydrogens is 536 g/mol. The molecule has 43 heavy (non-hydrogen) atoms. The van der Waals surface area contributed by atoms with Gasteiger partial charge in [-0.05, 0) is 47.2 Å². The average molecular weight is 575 g/mol. The van der Waals surface area contributed by atoms with Gasteiger partial charge < -0.3 is 14.6 Å². The second kappa shape index (κ2) is 15.3. The topological polar surface area (TPSA) is 63.5 Å². The summed E-state index contributed by atoms with van der Waals surface area (Å²) in [6.07, 6.45) is 11.2. The number of aromatic nitrogens is 2. The molecule has 0 unspecified atom stereocenters. The van der Waals surface area contributed by atoms with Crippen molar-refractivity contribution in [3.8, 4) is 22.6 Å². The fourth-order valence-electron chi connectivity index (χ4n) is 4.88. The van der Waals surface area contributed by atoms with Gasteiger partial charge in [-0.25, -0.2) is 9.13 Å². The third-order valence-corrected chi connectivity index (χ3v) is 7.22. The van der Waals surface area contributed by atoms with Crippen LogP contribution in [0.15, 0.2) is 128 Å². The Kier molecular flexibility index (Phi) is 10.5. The summed E-state index contributed by atoms with van der Waals surface area (Å²) >= 11 is 0. The maximum Gasteiger partial charge on any atom is 0.303 e. The van der Waals surface area contributed by atoms with Crippen molar-refractivity contribution < 1.29 is 28.5 Å². The van der Waals surface area contributed by atoms with Crippen molar-refractivity contribution >= 4 is 5.97 Å². The first-order valence-corrected chi connectivity index (χ1v) is 14.8. The number of hydrogen-bond acceptors (Lipinski definition) is 3. The molecule has 5 aromatic rings. The van der Waals surface area contributed by atoms with E-state index in [1.54, 1.807) is 0 Å². The standard InChI is InChI=1S/C37H37N2O4/c40-37(41)14-8-3-9-19-38-20-15-33(16-21-38)34-17-22-39(23-18-34)27-32-24-35(42-28-30-10-4-1-5-11-30)26-36(25-32)43-29-31-12-6-2-7-13-31/h1-2,4-7,10-13,15-18,20-26H,3,8-9,14,19,27-29H2/q+1/p+1. The summed E-state index contributed by atoms with van der Waals surface area (Å²) < 4.78 is 16.7. The maximum atomic E-state index is 10.7. The molecule has 2 aromatic heterocycles. The fourth-order valence-corrected chi connectivity index (χ4v) is 4.88. The Hall–Kier alpha value is -4.97. The number of carboxylic acids is 1. The zero-order chi connectivity index (χ0) is 29.7. The van der Waals surface area contributed by atoms with Crippen LogP contribution in [-0.4, -0.2) is 11.1 Å². The molecule has 0 amide bonds. The Morgan fingerprint density at radius 2 is 1.09 bits per heavy atom. The first-order chi connectivity index (χ1) is 21.1. The first-order valence-electron chi connectivity index (χ1n) is 14.8. The van der Waals surface area contributed by atoms with Crippen LogP contribution in [0.1, 0.15) is 42.4 Å². The number of carboxylic acid groups (broad SMARTS) is 1. The molecule has 0 saturated carbocycles. The smallest absolute Gasteiger partial charge is 0.303 e. The second-order valence-corrected chi connectivity index (χ2v) is 10.6. The van der Waals surface area contributed by atoms with Crippen LogP contribution < -0.4 is 18.6 Å². The SMILES string of the molecule is O=C(O)CCCCC[n+]1ccc(-c2cc[n+](Cc3cc(OCc4ccccc4)cc(OCc4ccccc4)c3)cc2)cc1. The van der Waals surface area contributed by atoms with Gasteiger partial charge >= 0.3 is 5.97 Å². The lowest BCUT2D eigenvalue weighted by atomic mass is 10.1. The summed E-state index contributed by atoms with van der Waals surface area (Å²) in [6, 6.07) is 35.0. The van der Waals surface area contributed by atoms with Gasteiger partial charge in [-0.3, -0.25) is 4.79 Å². The molecule has 5 rings (SSSR count). The Labute approximate surface area is 253 Å². The van der Waals surface area contributed by atoms with Gasteiger partial charge in [0.25, 0.3) is 0 Å². The van der Waals surface area contributed by atoms with Crippen molar-refractivity contribution in [2.24, 2.45) is 0 Å². The summed E-state index contributed by atoms with van der Waals surface area (Å²) in [6.45, 7) is 2.55. The molecule has 1 N–H and O–H groups in total. The summed E-state index contributed by atoms with van der Waals surface area (Å²) in [5.41, 5.74) is 5.63. The van der Waals surface area contributed by atoms with Gasteiger partial charge in [-0.2, -0.15) is 0 Å². The highest BCUT2D eigenvalue weighted by molar-refractivity contribution is 5.66. The largest absolute Gasteiger partial charge is 0.489 e. The van der Waals surface area contributed by atoms with Gasteiger partial charge in [-0.1, -0.05) is 60.7 Å². The molecule has 0 saturated heterocycles. The maximum absolute atomic E-state index is 10.7. The lowest BCUT2D eigenvalue weighted by Crippen LogP contribution is -2.33. The van der Waals surface area contributed by atoms with Gasteiger partial charge in [0.05, 0.1) is 0 Å². The molecule has 0 aliphatic heterocycles. The van der Waals surface area contributed by atoms with Crippen molar-refractivity contribution in [2.75, 3.05) is 0 Å². The predicted octanol–water partition coefficient (Wildman–Crippen LogP) is 6.78. The van der Waals surface area contributed by atoms with Crippen LogP contribution in [0.3, 0.4) is 0 Å². The lowest BCUT2D eigenvalue weighted by Gasteiger charge is -2.12. The van der Waals surface area contributed by atoms with Gasteiger partial charge in [-0.15, -0.1) is 0 Å². The molecule has 0 aliphatic rings. The highest BCUT2D eigenvalue weighted by Crippen LogP contribution is 2.25. The lowest BCUT2D eigenvalue weighted by molar-refractivity contribution is -0.697. The Morgan fingerprint density at radius 3 is 1.60 bits per heavy atom. The highest BCUT2D eigenvalue weighted by Gasteiger charge is 2.11. The second-order valence-electron chi connectivity index (χ2n) is 10.6. The molecular formula is C37H38N2O4+2. The van der Waals surface area contributed by atoms with E-state index in [0.29, 0.717) is 19.8 Å². The predicted molar refractivity (Wildman–Crippen MR) is 165 cm³/mol. The van der Waals surface area contributed by atoms with Crippen LogP contribution in [-0.2, 0) is 31.1 Å². The Bertz CT molecular complexity index is 1510. The van der Waals surface area contributed by atoms with Crippen molar-refractivity contribution in [3.05, 3.63) is 145 Å². The number of aryl methyl sites for hydroxylation is 1. The number of rotatable bonds is 15. The number of pyridine rings is 2. The van der Waals surface area contributed by atoms with E-state index >= 15 is 0 Å². The van der Waals surface area contributed by atoms with Gasteiger partial charge in [0.15, 0.2) is 31.3 Å².